The number of fused-ring (bicyclic) bond motifs is 1. The second-order valence-corrected chi connectivity index (χ2v) is 6.58. The molecule has 11 heteroatoms. The predicted molar refractivity (Wildman–Crippen MR) is 69.9 cm³/mol. The number of alkyl halides is 6. The fourth-order valence-corrected chi connectivity index (χ4v) is 1.97. The van der Waals surface area contributed by atoms with E-state index in [0.717, 1.165) is 0 Å². The van der Waals surface area contributed by atoms with Crippen LogP contribution in [-0.2, 0) is 4.79 Å². The molecule has 4 nitrogen and oxygen atoms in total. The fraction of sp³-hybridized carbons (Fsp3) is 0.300. The van der Waals surface area contributed by atoms with E-state index in [9.17, 15) is 18.0 Å². The van der Waals surface area contributed by atoms with E-state index in [1.807, 2.05) is 0 Å². The van der Waals surface area contributed by atoms with Crippen LogP contribution in [0, 0.1) is 0 Å². The maximum absolute atomic E-state index is 12.4. The molecule has 21 heavy (non-hydrogen) atoms. The molecular weight excluding hydrogens is 381 g/mol. The van der Waals surface area contributed by atoms with Gasteiger partial charge in [0.1, 0.15) is 0 Å². The highest BCUT2D eigenvalue weighted by molar-refractivity contribution is 6.68. The minimum Gasteiger partial charge on any atom is -0.428 e. The molecule has 1 N–H and O–H groups in total. The van der Waals surface area contributed by atoms with Gasteiger partial charge < -0.3 is 9.47 Å². The molecule has 0 saturated carbocycles. The zero-order chi connectivity index (χ0) is 16.1. The highest BCUT2D eigenvalue weighted by atomic mass is 35.6. The molecule has 0 saturated heterocycles. The van der Waals surface area contributed by atoms with Crippen LogP contribution in [0.5, 0.6) is 11.5 Å². The van der Waals surface area contributed by atoms with Gasteiger partial charge in [-0.3, -0.25) is 10.1 Å². The molecule has 0 fully saturated rings. The lowest BCUT2D eigenvalue weighted by molar-refractivity contribution is -0.190. The molecular formula is C10H4Cl4F3NO3. The Hall–Kier alpha value is -0.760. The quantitative estimate of drug-likeness (QED) is 0.749. The molecule has 0 aliphatic carbocycles. The Morgan fingerprint density at radius 3 is 2.24 bits per heavy atom. The first-order valence-electron chi connectivity index (χ1n) is 5.08. The van der Waals surface area contributed by atoms with Crippen molar-refractivity contribution in [2.75, 3.05) is 0 Å². The smallest absolute Gasteiger partial charge is 0.428 e. The van der Waals surface area contributed by atoms with Crippen LogP contribution in [0.4, 0.5) is 13.2 Å². The van der Waals surface area contributed by atoms with Gasteiger partial charge in [-0.15, -0.1) is 0 Å². The second kappa shape index (κ2) is 5.15. The number of hydrogen-bond acceptors (Lipinski definition) is 3. The largest absolute Gasteiger partial charge is 0.471 e. The average Bonchev–Trinajstić information content (AvgIpc) is 2.65. The molecule has 1 heterocycles. The molecule has 0 aromatic heterocycles. The topological polar surface area (TPSA) is 47.6 Å². The zero-order valence-electron chi connectivity index (χ0n) is 9.60. The summed E-state index contributed by atoms with van der Waals surface area (Å²) in [7, 11) is 0. The lowest BCUT2D eigenvalue weighted by Gasteiger charge is -2.33. The summed E-state index contributed by atoms with van der Waals surface area (Å²) >= 11 is 22.5. The van der Waals surface area contributed by atoms with Gasteiger partial charge in [0, 0.05) is 11.1 Å². The molecule has 1 atom stereocenters. The van der Waals surface area contributed by atoms with Crippen molar-refractivity contribution in [3.05, 3.63) is 23.2 Å². The van der Waals surface area contributed by atoms with E-state index in [2.05, 4.69) is 0 Å². The third-order valence-corrected chi connectivity index (χ3v) is 3.30. The van der Waals surface area contributed by atoms with Crippen LogP contribution in [0.3, 0.4) is 0 Å². The Morgan fingerprint density at radius 2 is 1.71 bits per heavy atom. The number of amides is 1. The number of halogens is 7. The Balaban J connectivity index is 2.37. The molecule has 0 spiro atoms. The van der Waals surface area contributed by atoms with Crippen LogP contribution in [0.1, 0.15) is 0 Å². The van der Waals surface area contributed by atoms with Crippen LogP contribution >= 0.6 is 46.4 Å². The summed E-state index contributed by atoms with van der Waals surface area (Å²) in [4.78, 5) is 11.1. The van der Waals surface area contributed by atoms with Crippen LogP contribution in [0.2, 0.25) is 5.02 Å². The maximum Gasteiger partial charge on any atom is 0.471 e. The number of hydrogen-bond donors (Lipinski definition) is 1. The van der Waals surface area contributed by atoms with E-state index in [1.54, 1.807) is 0 Å². The Kier molecular flexibility index (Phi) is 4.08. The lowest BCUT2D eigenvalue weighted by atomic mass is 10.3. The van der Waals surface area contributed by atoms with Gasteiger partial charge >= 0.3 is 18.0 Å². The van der Waals surface area contributed by atoms with Crippen molar-refractivity contribution < 1.29 is 27.4 Å². The minimum absolute atomic E-state index is 0.0480. The van der Waals surface area contributed by atoms with Crippen LogP contribution in [-0.4, -0.2) is 21.8 Å². The molecule has 0 unspecified atom stereocenters. The van der Waals surface area contributed by atoms with E-state index in [0.29, 0.717) is 0 Å². The average molecular weight is 385 g/mol. The Labute approximate surface area is 136 Å². The summed E-state index contributed by atoms with van der Waals surface area (Å²) in [5.41, 5.74) is 0. The number of rotatable bonds is 1. The van der Waals surface area contributed by atoms with Crippen molar-refractivity contribution in [2.24, 2.45) is 0 Å². The van der Waals surface area contributed by atoms with Crippen LogP contribution < -0.4 is 14.8 Å². The van der Waals surface area contributed by atoms with E-state index >= 15 is 0 Å². The first-order chi connectivity index (χ1) is 9.45. The van der Waals surface area contributed by atoms with Crippen molar-refractivity contribution in [2.45, 2.75) is 15.9 Å². The molecule has 1 amide bonds. The predicted octanol–water partition coefficient (Wildman–Crippen LogP) is 3.81. The van der Waals surface area contributed by atoms with Crippen molar-refractivity contribution in [1.29, 1.82) is 0 Å². The number of carbonyl (C=O) groups is 1. The monoisotopic (exact) mass is 383 g/mol. The van der Waals surface area contributed by atoms with Gasteiger partial charge in [-0.05, 0) is 12.1 Å². The summed E-state index contributed by atoms with van der Waals surface area (Å²) in [5.74, 6) is -5.20. The third-order valence-electron chi connectivity index (χ3n) is 2.32. The standard InChI is InChI=1S/C10H4Cl4F3NO3/c11-4-1-2-5-6(3-4)21-10(20-5,9(12,13)14)18-7(19)8(15,16)17/h1-3H,(H,18,19)/t10-/m1/s1. The second-order valence-electron chi connectivity index (χ2n) is 3.86. The van der Waals surface area contributed by atoms with Crippen molar-refractivity contribution >= 4 is 52.3 Å². The molecule has 0 bridgehead atoms. The molecule has 1 aliphatic rings. The minimum atomic E-state index is -5.22. The van der Waals surface area contributed by atoms with Gasteiger partial charge in [-0.25, -0.2) is 0 Å². The van der Waals surface area contributed by atoms with Gasteiger partial charge in [0.15, 0.2) is 11.5 Å². The third kappa shape index (κ3) is 3.21. The molecule has 1 aromatic rings. The summed E-state index contributed by atoms with van der Waals surface area (Å²) in [6.07, 6.45) is -5.22. The molecule has 2 rings (SSSR count). The first kappa shape index (κ1) is 16.6. The summed E-state index contributed by atoms with van der Waals surface area (Å²) < 4.78 is 44.7. The summed E-state index contributed by atoms with van der Waals surface area (Å²) in [6.45, 7) is 0. The van der Waals surface area contributed by atoms with E-state index in [1.165, 1.54) is 23.5 Å². The number of carbonyl (C=O) groups excluding carboxylic acids is 1. The van der Waals surface area contributed by atoms with Crippen LogP contribution in [0.25, 0.3) is 0 Å². The summed E-state index contributed by atoms with van der Waals surface area (Å²) in [5, 5.41) is 1.60. The normalized spacial score (nSPS) is 21.3. The van der Waals surface area contributed by atoms with Crippen molar-refractivity contribution in [1.82, 2.24) is 5.32 Å². The number of benzene rings is 1. The highest BCUT2D eigenvalue weighted by Gasteiger charge is 2.61. The Morgan fingerprint density at radius 1 is 1.14 bits per heavy atom. The van der Waals surface area contributed by atoms with Gasteiger partial charge in [0.2, 0.25) is 0 Å². The SMILES string of the molecule is O=C(N[C@]1(C(Cl)(Cl)Cl)Oc2ccc(Cl)cc2O1)C(F)(F)F. The Bertz CT molecular complexity index is 590. The van der Waals surface area contributed by atoms with E-state index in [4.69, 9.17) is 55.9 Å². The van der Waals surface area contributed by atoms with Gasteiger partial charge in [0.05, 0.1) is 0 Å². The lowest BCUT2D eigenvalue weighted by Crippen LogP contribution is -2.65. The molecule has 1 aliphatic heterocycles. The molecule has 1 aromatic carbocycles. The fourth-order valence-electron chi connectivity index (χ4n) is 1.43. The number of nitrogens with one attached hydrogen (secondary N) is 1. The zero-order valence-corrected chi connectivity index (χ0v) is 12.6. The summed E-state index contributed by atoms with van der Waals surface area (Å²) in [6, 6.07) is 3.90. The van der Waals surface area contributed by atoms with E-state index in [-0.39, 0.29) is 16.5 Å². The first-order valence-corrected chi connectivity index (χ1v) is 6.59. The van der Waals surface area contributed by atoms with Gasteiger partial charge in [-0.1, -0.05) is 46.4 Å². The maximum atomic E-state index is 12.4. The van der Waals surface area contributed by atoms with E-state index < -0.39 is 21.8 Å². The highest BCUT2D eigenvalue weighted by Crippen LogP contribution is 2.49. The van der Waals surface area contributed by atoms with Gasteiger partial charge in [0.25, 0.3) is 3.79 Å². The number of ether oxygens (including phenoxy) is 2. The molecule has 0 radical (unpaired) electrons. The van der Waals surface area contributed by atoms with Crippen LogP contribution in [0.15, 0.2) is 18.2 Å². The van der Waals surface area contributed by atoms with Crippen molar-refractivity contribution in [3.63, 3.8) is 0 Å². The van der Waals surface area contributed by atoms with Gasteiger partial charge in [-0.2, -0.15) is 13.2 Å². The molecule has 116 valence electrons. The van der Waals surface area contributed by atoms with Crippen molar-refractivity contribution in [3.8, 4) is 11.5 Å².